The molecule has 0 spiro atoms. The monoisotopic (exact) mass is 176 g/mol. The van der Waals surface area contributed by atoms with Gasteiger partial charge in [-0.25, -0.2) is 0 Å². The minimum Gasteiger partial charge on any atom is -0.393 e. The number of ether oxygens (including phenoxy) is 1. The number of aliphatic hydroxyl groups is 2. The number of quaternary nitrogens is 1. The van der Waals surface area contributed by atoms with Gasteiger partial charge in [0.25, 0.3) is 0 Å². The molecular weight excluding hydrogens is 158 g/mol. The molecule has 1 rings (SSSR count). The van der Waals surface area contributed by atoms with Crippen molar-refractivity contribution in [3.63, 3.8) is 0 Å². The average Bonchev–Trinajstić information content (AvgIpc) is 2.05. The predicted molar refractivity (Wildman–Crippen MR) is 44.7 cm³/mol. The van der Waals surface area contributed by atoms with E-state index in [1.165, 1.54) is 0 Å². The van der Waals surface area contributed by atoms with Crippen LogP contribution in [0, 0.1) is 0 Å². The number of likely N-dealkylation sites (N-methyl/N-ethyl adjacent to an activating group) is 1. The standard InChI is InChI=1S/C8H18NO3/c1-9(6-8(11)7-10)2-4-12-5-3-9/h8,10-11H,2-7H2,1H3/q+1. The Labute approximate surface area is 73.0 Å². The van der Waals surface area contributed by atoms with Crippen LogP contribution in [0.3, 0.4) is 0 Å². The molecule has 12 heavy (non-hydrogen) atoms. The van der Waals surface area contributed by atoms with Gasteiger partial charge in [-0.05, 0) is 0 Å². The number of morpholine rings is 1. The van der Waals surface area contributed by atoms with E-state index in [0.29, 0.717) is 6.54 Å². The van der Waals surface area contributed by atoms with E-state index in [1.807, 2.05) is 0 Å². The molecule has 2 N–H and O–H groups in total. The first-order valence-corrected chi connectivity index (χ1v) is 4.36. The van der Waals surface area contributed by atoms with Crippen LogP contribution in [0.4, 0.5) is 0 Å². The van der Waals surface area contributed by atoms with Gasteiger partial charge < -0.3 is 19.4 Å². The highest BCUT2D eigenvalue weighted by atomic mass is 16.5. The van der Waals surface area contributed by atoms with Crippen molar-refractivity contribution in [2.75, 3.05) is 46.5 Å². The smallest absolute Gasteiger partial charge is 0.126 e. The zero-order valence-electron chi connectivity index (χ0n) is 7.57. The summed E-state index contributed by atoms with van der Waals surface area (Å²) in [6.07, 6.45) is -0.590. The molecule has 0 saturated carbocycles. The fourth-order valence-corrected chi connectivity index (χ4v) is 1.53. The van der Waals surface area contributed by atoms with E-state index in [4.69, 9.17) is 9.84 Å². The number of nitrogens with zero attached hydrogens (tertiary/aromatic N) is 1. The van der Waals surface area contributed by atoms with Crippen molar-refractivity contribution in [1.29, 1.82) is 0 Å². The molecule has 0 aromatic heterocycles. The third-order valence-corrected chi connectivity index (χ3v) is 2.41. The van der Waals surface area contributed by atoms with E-state index in [-0.39, 0.29) is 6.61 Å². The molecular formula is C8H18NO3+. The average molecular weight is 176 g/mol. The lowest BCUT2D eigenvalue weighted by atomic mass is 10.2. The molecule has 0 aromatic carbocycles. The highest BCUT2D eigenvalue weighted by Crippen LogP contribution is 2.08. The first-order valence-electron chi connectivity index (χ1n) is 4.36. The summed E-state index contributed by atoms with van der Waals surface area (Å²) in [5, 5.41) is 18.0. The fourth-order valence-electron chi connectivity index (χ4n) is 1.53. The van der Waals surface area contributed by atoms with Gasteiger partial charge in [0, 0.05) is 0 Å². The molecule has 4 nitrogen and oxygen atoms in total. The van der Waals surface area contributed by atoms with Gasteiger partial charge in [0.15, 0.2) is 0 Å². The van der Waals surface area contributed by atoms with Crippen molar-refractivity contribution < 1.29 is 19.4 Å². The second kappa shape index (κ2) is 4.18. The third-order valence-electron chi connectivity index (χ3n) is 2.41. The summed E-state index contributed by atoms with van der Waals surface area (Å²) in [7, 11) is 2.08. The third kappa shape index (κ3) is 2.71. The number of hydrogen-bond acceptors (Lipinski definition) is 3. The summed E-state index contributed by atoms with van der Waals surface area (Å²) in [5.74, 6) is 0. The minimum absolute atomic E-state index is 0.144. The minimum atomic E-state index is -0.590. The molecule has 1 aliphatic rings. The maximum absolute atomic E-state index is 9.27. The summed E-state index contributed by atoms with van der Waals surface area (Å²) in [4.78, 5) is 0. The summed E-state index contributed by atoms with van der Waals surface area (Å²) >= 11 is 0. The van der Waals surface area contributed by atoms with E-state index < -0.39 is 6.10 Å². The molecule has 0 aromatic rings. The number of rotatable bonds is 3. The molecule has 0 radical (unpaired) electrons. The van der Waals surface area contributed by atoms with Crippen LogP contribution in [-0.2, 0) is 4.74 Å². The van der Waals surface area contributed by atoms with Crippen molar-refractivity contribution in [3.8, 4) is 0 Å². The normalized spacial score (nSPS) is 25.2. The van der Waals surface area contributed by atoms with E-state index in [9.17, 15) is 5.11 Å². The number of aliphatic hydroxyl groups excluding tert-OH is 2. The topological polar surface area (TPSA) is 49.7 Å². The maximum Gasteiger partial charge on any atom is 0.126 e. The SMILES string of the molecule is C[N+]1(CC(O)CO)CCOCC1. The van der Waals surface area contributed by atoms with E-state index in [1.54, 1.807) is 0 Å². The van der Waals surface area contributed by atoms with E-state index in [0.717, 1.165) is 30.8 Å². The van der Waals surface area contributed by atoms with Crippen molar-refractivity contribution >= 4 is 0 Å². The number of hydrogen-bond donors (Lipinski definition) is 2. The molecule has 1 fully saturated rings. The fraction of sp³-hybridized carbons (Fsp3) is 1.00. The quantitative estimate of drug-likeness (QED) is 0.532. The summed E-state index contributed by atoms with van der Waals surface area (Å²) in [5.41, 5.74) is 0. The van der Waals surface area contributed by atoms with E-state index >= 15 is 0 Å². The summed E-state index contributed by atoms with van der Waals surface area (Å²) in [6, 6.07) is 0. The maximum atomic E-state index is 9.27. The zero-order valence-corrected chi connectivity index (χ0v) is 7.57. The summed E-state index contributed by atoms with van der Waals surface area (Å²) < 4.78 is 6.03. The van der Waals surface area contributed by atoms with Crippen LogP contribution in [0.1, 0.15) is 0 Å². The Bertz CT molecular complexity index is 134. The van der Waals surface area contributed by atoms with Crippen molar-refractivity contribution in [1.82, 2.24) is 0 Å². The molecule has 0 bridgehead atoms. The first-order chi connectivity index (χ1) is 5.66. The lowest BCUT2D eigenvalue weighted by Gasteiger charge is -2.38. The van der Waals surface area contributed by atoms with E-state index in [2.05, 4.69) is 7.05 Å². The van der Waals surface area contributed by atoms with Crippen LogP contribution in [0.5, 0.6) is 0 Å². The second-order valence-corrected chi connectivity index (χ2v) is 3.70. The molecule has 1 saturated heterocycles. The molecule has 1 atom stereocenters. The van der Waals surface area contributed by atoms with Crippen LogP contribution in [0.2, 0.25) is 0 Å². The Morgan fingerprint density at radius 3 is 2.50 bits per heavy atom. The van der Waals surface area contributed by atoms with Gasteiger partial charge in [0.1, 0.15) is 25.7 Å². The van der Waals surface area contributed by atoms with Gasteiger partial charge >= 0.3 is 0 Å². The van der Waals surface area contributed by atoms with Gasteiger partial charge in [-0.15, -0.1) is 0 Å². The van der Waals surface area contributed by atoms with Crippen LogP contribution in [0.25, 0.3) is 0 Å². The second-order valence-electron chi connectivity index (χ2n) is 3.70. The molecule has 0 amide bonds. The first kappa shape index (κ1) is 9.92. The van der Waals surface area contributed by atoms with Gasteiger partial charge in [-0.1, -0.05) is 0 Å². The zero-order chi connectivity index (χ0) is 9.03. The highest BCUT2D eigenvalue weighted by Gasteiger charge is 2.27. The van der Waals surface area contributed by atoms with Crippen LogP contribution in [-0.4, -0.2) is 67.3 Å². The summed E-state index contributed by atoms with van der Waals surface area (Å²) in [6.45, 7) is 3.85. The molecule has 72 valence electrons. The van der Waals surface area contributed by atoms with Crippen molar-refractivity contribution in [3.05, 3.63) is 0 Å². The van der Waals surface area contributed by atoms with Crippen LogP contribution in [0.15, 0.2) is 0 Å². The Morgan fingerprint density at radius 2 is 2.00 bits per heavy atom. The van der Waals surface area contributed by atoms with Gasteiger partial charge in [-0.2, -0.15) is 0 Å². The molecule has 0 aliphatic carbocycles. The van der Waals surface area contributed by atoms with Gasteiger partial charge in [0.05, 0.1) is 26.9 Å². The Hall–Kier alpha value is -0.160. The largest absolute Gasteiger partial charge is 0.393 e. The Morgan fingerprint density at radius 1 is 1.42 bits per heavy atom. The van der Waals surface area contributed by atoms with Gasteiger partial charge in [0.2, 0.25) is 0 Å². The van der Waals surface area contributed by atoms with Crippen LogP contribution < -0.4 is 0 Å². The molecule has 1 unspecified atom stereocenters. The van der Waals surface area contributed by atoms with Crippen molar-refractivity contribution in [2.45, 2.75) is 6.10 Å². The molecule has 1 aliphatic heterocycles. The predicted octanol–water partition coefficient (Wildman–Crippen LogP) is -1.18. The highest BCUT2D eigenvalue weighted by molar-refractivity contribution is 4.54. The van der Waals surface area contributed by atoms with Gasteiger partial charge in [-0.3, -0.25) is 0 Å². The Balaban J connectivity index is 2.35. The lowest BCUT2D eigenvalue weighted by Crippen LogP contribution is -2.55. The molecule has 1 heterocycles. The van der Waals surface area contributed by atoms with Crippen LogP contribution >= 0.6 is 0 Å². The van der Waals surface area contributed by atoms with Crippen molar-refractivity contribution in [2.24, 2.45) is 0 Å². The molecule has 4 heteroatoms. The lowest BCUT2D eigenvalue weighted by molar-refractivity contribution is -0.919. The Kier molecular flexibility index (Phi) is 3.46.